The highest BCUT2D eigenvalue weighted by atomic mass is 35.5. The van der Waals surface area contributed by atoms with E-state index in [9.17, 15) is 0 Å². The lowest BCUT2D eigenvalue weighted by Gasteiger charge is -2.01. The van der Waals surface area contributed by atoms with Gasteiger partial charge in [0.1, 0.15) is 11.0 Å². The van der Waals surface area contributed by atoms with E-state index in [1.54, 1.807) is 0 Å². The molecular formula is C9H9Cl2N3. The highest BCUT2D eigenvalue weighted by Gasteiger charge is 2.10. The summed E-state index contributed by atoms with van der Waals surface area (Å²) in [7, 11) is 1.85. The standard InChI is InChI=1S/C9H9Cl2N3/c1-12-5-8-13-9(11)6-3-2-4-7(10)14(6)8/h2-4,12H,5H2,1H3. The fraction of sp³-hybridized carbons (Fsp3) is 0.222. The van der Waals surface area contributed by atoms with Crippen molar-refractivity contribution >= 4 is 28.7 Å². The molecule has 0 amide bonds. The molecule has 0 fully saturated rings. The van der Waals surface area contributed by atoms with Crippen LogP contribution in [0.4, 0.5) is 0 Å². The van der Waals surface area contributed by atoms with Gasteiger partial charge in [-0.2, -0.15) is 0 Å². The van der Waals surface area contributed by atoms with Crippen molar-refractivity contribution < 1.29 is 0 Å². The van der Waals surface area contributed by atoms with Gasteiger partial charge in [-0.15, -0.1) is 0 Å². The molecule has 0 aliphatic heterocycles. The second kappa shape index (κ2) is 3.77. The number of halogens is 2. The lowest BCUT2D eigenvalue weighted by molar-refractivity contribution is 0.755. The van der Waals surface area contributed by atoms with Crippen LogP contribution in [0.1, 0.15) is 5.82 Å². The Morgan fingerprint density at radius 3 is 2.93 bits per heavy atom. The molecule has 5 heteroatoms. The molecule has 0 aliphatic rings. The van der Waals surface area contributed by atoms with Gasteiger partial charge in [-0.05, 0) is 19.2 Å². The van der Waals surface area contributed by atoms with E-state index in [2.05, 4.69) is 10.3 Å². The number of rotatable bonds is 2. The summed E-state index contributed by atoms with van der Waals surface area (Å²) in [4.78, 5) is 4.22. The summed E-state index contributed by atoms with van der Waals surface area (Å²) in [6.45, 7) is 0.637. The van der Waals surface area contributed by atoms with E-state index in [1.165, 1.54) is 0 Å². The number of aromatic nitrogens is 2. The predicted molar refractivity (Wildman–Crippen MR) is 58.0 cm³/mol. The van der Waals surface area contributed by atoms with Crippen molar-refractivity contribution in [2.45, 2.75) is 6.54 Å². The number of imidazole rings is 1. The summed E-state index contributed by atoms with van der Waals surface area (Å²) in [6.07, 6.45) is 0. The van der Waals surface area contributed by atoms with Crippen LogP contribution >= 0.6 is 23.2 Å². The second-order valence-electron chi connectivity index (χ2n) is 2.92. The number of hydrogen-bond acceptors (Lipinski definition) is 2. The van der Waals surface area contributed by atoms with Crippen LogP contribution in [0, 0.1) is 0 Å². The van der Waals surface area contributed by atoms with Crippen LogP contribution < -0.4 is 5.32 Å². The zero-order valence-corrected chi connectivity index (χ0v) is 9.10. The third-order valence-corrected chi connectivity index (χ3v) is 2.55. The van der Waals surface area contributed by atoms with Gasteiger partial charge in [0.2, 0.25) is 0 Å². The van der Waals surface area contributed by atoms with Gasteiger partial charge in [0.25, 0.3) is 0 Å². The topological polar surface area (TPSA) is 29.3 Å². The summed E-state index contributed by atoms with van der Waals surface area (Å²) in [5.74, 6) is 0.818. The van der Waals surface area contributed by atoms with E-state index in [0.29, 0.717) is 16.9 Å². The third-order valence-electron chi connectivity index (χ3n) is 1.97. The van der Waals surface area contributed by atoms with E-state index in [0.717, 1.165) is 11.3 Å². The highest BCUT2D eigenvalue weighted by molar-refractivity contribution is 6.33. The second-order valence-corrected chi connectivity index (χ2v) is 3.66. The van der Waals surface area contributed by atoms with Gasteiger partial charge < -0.3 is 5.32 Å². The first-order valence-electron chi connectivity index (χ1n) is 4.20. The minimum Gasteiger partial charge on any atom is -0.313 e. The largest absolute Gasteiger partial charge is 0.313 e. The van der Waals surface area contributed by atoms with Crippen molar-refractivity contribution in [1.82, 2.24) is 14.7 Å². The van der Waals surface area contributed by atoms with Crippen molar-refractivity contribution in [3.05, 3.63) is 34.3 Å². The quantitative estimate of drug-likeness (QED) is 0.802. The molecule has 1 N–H and O–H groups in total. The molecule has 0 radical (unpaired) electrons. The summed E-state index contributed by atoms with van der Waals surface area (Å²) in [6, 6.07) is 5.56. The molecule has 74 valence electrons. The van der Waals surface area contributed by atoms with E-state index in [-0.39, 0.29) is 0 Å². The van der Waals surface area contributed by atoms with Gasteiger partial charge in [0.05, 0.1) is 12.1 Å². The third kappa shape index (κ3) is 1.47. The first-order chi connectivity index (χ1) is 6.74. The maximum Gasteiger partial charge on any atom is 0.155 e. The maximum atomic E-state index is 6.05. The number of pyridine rings is 1. The Kier molecular flexibility index (Phi) is 2.63. The molecule has 0 aliphatic carbocycles. The van der Waals surface area contributed by atoms with Crippen molar-refractivity contribution in [3.63, 3.8) is 0 Å². The molecule has 0 atom stereocenters. The van der Waals surface area contributed by atoms with Crippen LogP contribution in [0.15, 0.2) is 18.2 Å². The van der Waals surface area contributed by atoms with Crippen LogP contribution in [-0.2, 0) is 6.54 Å². The van der Waals surface area contributed by atoms with Crippen LogP contribution in [0.2, 0.25) is 10.3 Å². The summed E-state index contributed by atoms with van der Waals surface area (Å²) >= 11 is 12.0. The molecule has 2 aromatic rings. The minimum absolute atomic E-state index is 0.484. The molecule has 2 heterocycles. The van der Waals surface area contributed by atoms with Crippen molar-refractivity contribution in [2.24, 2.45) is 0 Å². The SMILES string of the molecule is CNCc1nc(Cl)c2cccc(Cl)n12. The molecule has 2 aromatic heterocycles. The Morgan fingerprint density at radius 2 is 2.21 bits per heavy atom. The predicted octanol–water partition coefficient (Wildman–Crippen LogP) is 2.36. The van der Waals surface area contributed by atoms with E-state index < -0.39 is 0 Å². The molecule has 0 aromatic carbocycles. The van der Waals surface area contributed by atoms with E-state index in [1.807, 2.05) is 29.6 Å². The summed E-state index contributed by atoms with van der Waals surface area (Å²) in [5.41, 5.74) is 0.837. The molecule has 0 saturated heterocycles. The van der Waals surface area contributed by atoms with Gasteiger partial charge in [-0.3, -0.25) is 4.40 Å². The molecule has 2 rings (SSSR count). The zero-order chi connectivity index (χ0) is 10.1. The van der Waals surface area contributed by atoms with Crippen LogP contribution in [-0.4, -0.2) is 16.4 Å². The maximum absolute atomic E-state index is 6.05. The Balaban J connectivity index is 2.72. The van der Waals surface area contributed by atoms with E-state index >= 15 is 0 Å². The number of nitrogens with one attached hydrogen (secondary N) is 1. The normalized spacial score (nSPS) is 11.1. The first kappa shape index (κ1) is 9.77. The van der Waals surface area contributed by atoms with Gasteiger partial charge in [-0.1, -0.05) is 29.3 Å². The van der Waals surface area contributed by atoms with Crippen LogP contribution in [0.25, 0.3) is 5.52 Å². The van der Waals surface area contributed by atoms with E-state index in [4.69, 9.17) is 23.2 Å². The fourth-order valence-corrected chi connectivity index (χ4v) is 1.91. The lowest BCUT2D eigenvalue weighted by atomic mass is 10.4. The molecule has 0 saturated carbocycles. The zero-order valence-electron chi connectivity index (χ0n) is 7.59. The van der Waals surface area contributed by atoms with Crippen LogP contribution in [0.3, 0.4) is 0 Å². The molecule has 3 nitrogen and oxygen atoms in total. The monoisotopic (exact) mass is 229 g/mol. The summed E-state index contributed by atoms with van der Waals surface area (Å²) < 4.78 is 1.83. The molecule has 14 heavy (non-hydrogen) atoms. The highest BCUT2D eigenvalue weighted by Crippen LogP contribution is 2.22. The molecule has 0 spiro atoms. The minimum atomic E-state index is 0.484. The van der Waals surface area contributed by atoms with Crippen molar-refractivity contribution in [3.8, 4) is 0 Å². The Labute approximate surface area is 91.7 Å². The van der Waals surface area contributed by atoms with Gasteiger partial charge in [-0.25, -0.2) is 4.98 Å². The average Bonchev–Trinajstić information content (AvgIpc) is 2.46. The lowest BCUT2D eigenvalue weighted by Crippen LogP contribution is -2.09. The fourth-order valence-electron chi connectivity index (χ4n) is 1.40. The van der Waals surface area contributed by atoms with Gasteiger partial charge in [0, 0.05) is 0 Å². The van der Waals surface area contributed by atoms with Crippen molar-refractivity contribution in [2.75, 3.05) is 7.05 Å². The molecular weight excluding hydrogens is 221 g/mol. The number of hydrogen-bond donors (Lipinski definition) is 1. The average molecular weight is 230 g/mol. The summed E-state index contributed by atoms with van der Waals surface area (Å²) in [5, 5.41) is 4.12. The van der Waals surface area contributed by atoms with Crippen molar-refractivity contribution in [1.29, 1.82) is 0 Å². The molecule has 0 bridgehead atoms. The molecule has 0 unspecified atom stereocenters. The number of fused-ring (bicyclic) bond motifs is 1. The first-order valence-corrected chi connectivity index (χ1v) is 4.95. The van der Waals surface area contributed by atoms with Crippen LogP contribution in [0.5, 0.6) is 0 Å². The van der Waals surface area contributed by atoms with Gasteiger partial charge >= 0.3 is 0 Å². The number of nitrogens with zero attached hydrogens (tertiary/aromatic N) is 2. The van der Waals surface area contributed by atoms with Gasteiger partial charge in [0.15, 0.2) is 5.15 Å². The Hall–Kier alpha value is -0.770. The smallest absolute Gasteiger partial charge is 0.155 e. The Bertz CT molecular complexity index is 464. The Morgan fingerprint density at radius 1 is 1.43 bits per heavy atom.